The lowest BCUT2D eigenvalue weighted by Gasteiger charge is -2.29. The molecule has 1 unspecified atom stereocenters. The Labute approximate surface area is 142 Å². The van der Waals surface area contributed by atoms with Crippen LogP contribution in [-0.2, 0) is 4.74 Å². The zero-order valence-electron chi connectivity index (χ0n) is 14.1. The lowest BCUT2D eigenvalue weighted by atomic mass is 9.98. The van der Waals surface area contributed by atoms with Gasteiger partial charge >= 0.3 is 0 Å². The molecule has 2 aliphatic heterocycles. The van der Waals surface area contributed by atoms with Gasteiger partial charge in [-0.25, -0.2) is 0 Å². The standard InChI is InChI=1S/C18H24N4O2/c1-21-7-3-5-15(13-21)18-19-17(20-24-18)14-4-2-6-16(12-14)22-8-10-23-11-9-22/h2,4,6,12,15H,3,5,7-11,13H2,1H3. The van der Waals surface area contributed by atoms with E-state index in [0.717, 1.165) is 57.3 Å². The minimum Gasteiger partial charge on any atom is -0.378 e. The largest absolute Gasteiger partial charge is 0.378 e. The number of likely N-dealkylation sites (N-methyl/N-ethyl adjacent to an activating group) is 1. The number of morpholine rings is 1. The molecular formula is C18H24N4O2. The van der Waals surface area contributed by atoms with Crippen molar-refractivity contribution >= 4 is 5.69 Å². The second kappa shape index (κ2) is 6.91. The Morgan fingerprint density at radius 1 is 1.17 bits per heavy atom. The van der Waals surface area contributed by atoms with Crippen LogP contribution in [0.3, 0.4) is 0 Å². The highest BCUT2D eigenvalue weighted by Gasteiger charge is 2.24. The third-order valence-corrected chi connectivity index (χ3v) is 4.90. The number of rotatable bonds is 3. The van der Waals surface area contributed by atoms with Crippen molar-refractivity contribution in [3.05, 3.63) is 30.2 Å². The van der Waals surface area contributed by atoms with Gasteiger partial charge in [0.2, 0.25) is 11.7 Å². The van der Waals surface area contributed by atoms with Crippen LogP contribution in [0.15, 0.2) is 28.8 Å². The topological polar surface area (TPSA) is 54.6 Å². The summed E-state index contributed by atoms with van der Waals surface area (Å²) in [6, 6.07) is 8.38. The number of anilines is 1. The third kappa shape index (κ3) is 3.30. The van der Waals surface area contributed by atoms with Crippen molar-refractivity contribution in [3.63, 3.8) is 0 Å². The molecule has 1 aromatic heterocycles. The van der Waals surface area contributed by atoms with E-state index in [0.29, 0.717) is 11.7 Å². The minimum atomic E-state index is 0.354. The Hall–Kier alpha value is -1.92. The molecular weight excluding hydrogens is 304 g/mol. The SMILES string of the molecule is CN1CCCC(c2nc(-c3cccc(N4CCOCC4)c3)no2)C1. The molecule has 2 saturated heterocycles. The van der Waals surface area contributed by atoms with Gasteiger partial charge in [0.15, 0.2) is 0 Å². The van der Waals surface area contributed by atoms with Crippen molar-refractivity contribution in [1.82, 2.24) is 15.0 Å². The van der Waals surface area contributed by atoms with Crippen molar-refractivity contribution in [1.29, 1.82) is 0 Å². The van der Waals surface area contributed by atoms with E-state index < -0.39 is 0 Å². The molecule has 0 saturated carbocycles. The van der Waals surface area contributed by atoms with Gasteiger partial charge in [-0.15, -0.1) is 0 Å². The first-order valence-electron chi connectivity index (χ1n) is 8.75. The Balaban J connectivity index is 1.53. The summed E-state index contributed by atoms with van der Waals surface area (Å²) in [7, 11) is 2.15. The van der Waals surface area contributed by atoms with Gasteiger partial charge in [0.1, 0.15) is 0 Å². The van der Waals surface area contributed by atoms with Crippen LogP contribution in [0, 0.1) is 0 Å². The van der Waals surface area contributed by atoms with E-state index in [1.165, 1.54) is 12.1 Å². The first-order valence-corrected chi connectivity index (χ1v) is 8.75. The van der Waals surface area contributed by atoms with E-state index in [-0.39, 0.29) is 0 Å². The number of likely N-dealkylation sites (tertiary alicyclic amines) is 1. The van der Waals surface area contributed by atoms with Gasteiger partial charge in [-0.1, -0.05) is 17.3 Å². The van der Waals surface area contributed by atoms with Crippen LogP contribution in [0.5, 0.6) is 0 Å². The van der Waals surface area contributed by atoms with Crippen LogP contribution in [0.25, 0.3) is 11.4 Å². The Bertz CT molecular complexity index is 681. The lowest BCUT2D eigenvalue weighted by molar-refractivity contribution is 0.122. The Morgan fingerprint density at radius 3 is 2.88 bits per heavy atom. The average Bonchev–Trinajstić information content (AvgIpc) is 3.13. The van der Waals surface area contributed by atoms with Gasteiger partial charge in [-0.05, 0) is 38.6 Å². The summed E-state index contributed by atoms with van der Waals surface area (Å²) in [6.45, 7) is 5.57. The molecule has 1 atom stereocenters. The van der Waals surface area contributed by atoms with E-state index in [2.05, 4.69) is 45.2 Å². The highest BCUT2D eigenvalue weighted by Crippen LogP contribution is 2.28. The molecule has 0 aliphatic carbocycles. The number of piperidine rings is 1. The van der Waals surface area contributed by atoms with Crippen molar-refractivity contribution in [3.8, 4) is 11.4 Å². The van der Waals surface area contributed by atoms with Gasteiger partial charge < -0.3 is 19.1 Å². The molecule has 0 spiro atoms. The van der Waals surface area contributed by atoms with Gasteiger partial charge in [0.05, 0.1) is 19.1 Å². The summed E-state index contributed by atoms with van der Waals surface area (Å²) in [6.07, 6.45) is 2.31. The highest BCUT2D eigenvalue weighted by molar-refractivity contribution is 5.63. The molecule has 0 amide bonds. The molecule has 4 rings (SSSR count). The third-order valence-electron chi connectivity index (χ3n) is 4.90. The fraction of sp³-hybridized carbons (Fsp3) is 0.556. The quantitative estimate of drug-likeness (QED) is 0.862. The maximum Gasteiger partial charge on any atom is 0.231 e. The summed E-state index contributed by atoms with van der Waals surface area (Å²) in [4.78, 5) is 9.35. The Morgan fingerprint density at radius 2 is 2.04 bits per heavy atom. The second-order valence-corrected chi connectivity index (χ2v) is 6.71. The first kappa shape index (κ1) is 15.6. The average molecular weight is 328 g/mol. The Kier molecular flexibility index (Phi) is 4.49. The van der Waals surface area contributed by atoms with Crippen LogP contribution >= 0.6 is 0 Å². The van der Waals surface area contributed by atoms with Crippen LogP contribution in [0.1, 0.15) is 24.7 Å². The number of ether oxygens (including phenoxy) is 1. The van der Waals surface area contributed by atoms with Crippen molar-refractivity contribution in [2.24, 2.45) is 0 Å². The highest BCUT2D eigenvalue weighted by atomic mass is 16.5. The molecule has 24 heavy (non-hydrogen) atoms. The summed E-state index contributed by atoms with van der Waals surface area (Å²) in [5, 5.41) is 4.23. The van der Waals surface area contributed by atoms with E-state index >= 15 is 0 Å². The lowest BCUT2D eigenvalue weighted by Crippen LogP contribution is -2.36. The molecule has 6 heteroatoms. The molecule has 1 aromatic carbocycles. The molecule has 0 N–H and O–H groups in total. The molecule has 2 aromatic rings. The summed E-state index contributed by atoms with van der Waals surface area (Å²) < 4.78 is 11.0. The van der Waals surface area contributed by atoms with Crippen molar-refractivity contribution in [2.75, 3.05) is 51.3 Å². The molecule has 3 heterocycles. The number of hydrogen-bond acceptors (Lipinski definition) is 6. The van der Waals surface area contributed by atoms with Crippen molar-refractivity contribution in [2.45, 2.75) is 18.8 Å². The fourth-order valence-corrected chi connectivity index (χ4v) is 3.55. The zero-order valence-corrected chi connectivity index (χ0v) is 14.1. The van der Waals surface area contributed by atoms with Crippen LogP contribution in [0.2, 0.25) is 0 Å². The summed E-state index contributed by atoms with van der Waals surface area (Å²) >= 11 is 0. The van der Waals surface area contributed by atoms with Crippen molar-refractivity contribution < 1.29 is 9.26 Å². The van der Waals surface area contributed by atoms with Gasteiger partial charge in [0, 0.05) is 30.9 Å². The summed E-state index contributed by atoms with van der Waals surface area (Å²) in [5.41, 5.74) is 2.21. The molecule has 0 bridgehead atoms. The van der Waals surface area contributed by atoms with E-state index in [1.807, 2.05) is 6.07 Å². The van der Waals surface area contributed by atoms with Crippen LogP contribution < -0.4 is 4.90 Å². The predicted octanol–water partition coefficient (Wildman–Crippen LogP) is 2.38. The van der Waals surface area contributed by atoms with E-state index in [9.17, 15) is 0 Å². The van der Waals surface area contributed by atoms with Gasteiger partial charge in [-0.3, -0.25) is 0 Å². The van der Waals surface area contributed by atoms with E-state index in [1.54, 1.807) is 0 Å². The number of benzene rings is 1. The molecule has 2 fully saturated rings. The monoisotopic (exact) mass is 328 g/mol. The maximum atomic E-state index is 5.57. The van der Waals surface area contributed by atoms with Crippen LogP contribution in [0.4, 0.5) is 5.69 Å². The molecule has 6 nitrogen and oxygen atoms in total. The predicted molar refractivity (Wildman–Crippen MR) is 92.2 cm³/mol. The van der Waals surface area contributed by atoms with Gasteiger partial charge in [-0.2, -0.15) is 4.98 Å². The second-order valence-electron chi connectivity index (χ2n) is 6.71. The number of hydrogen-bond donors (Lipinski definition) is 0. The molecule has 0 radical (unpaired) electrons. The molecule has 128 valence electrons. The normalized spacial score (nSPS) is 22.7. The number of nitrogens with zero attached hydrogens (tertiary/aromatic N) is 4. The zero-order chi connectivity index (χ0) is 16.4. The summed E-state index contributed by atoms with van der Waals surface area (Å²) in [5.74, 6) is 1.81. The smallest absolute Gasteiger partial charge is 0.231 e. The first-order chi connectivity index (χ1) is 11.8. The maximum absolute atomic E-state index is 5.57. The fourth-order valence-electron chi connectivity index (χ4n) is 3.55. The van der Waals surface area contributed by atoms with Gasteiger partial charge in [0.25, 0.3) is 0 Å². The van der Waals surface area contributed by atoms with E-state index in [4.69, 9.17) is 9.26 Å². The minimum absolute atomic E-state index is 0.354. The number of aromatic nitrogens is 2. The molecule has 2 aliphatic rings. The van der Waals surface area contributed by atoms with Crippen LogP contribution in [-0.4, -0.2) is 61.5 Å².